The summed E-state index contributed by atoms with van der Waals surface area (Å²) in [6.45, 7) is 1.26. The van der Waals surface area contributed by atoms with E-state index in [0.29, 0.717) is 0 Å². The zero-order valence-electron chi connectivity index (χ0n) is 10.3. The Morgan fingerprint density at radius 2 is 2.11 bits per heavy atom. The fourth-order valence-corrected chi connectivity index (χ4v) is 2.15. The normalized spacial score (nSPS) is 19.6. The third kappa shape index (κ3) is 2.43. The molecular formula is C13H13F2NO3. The molecule has 102 valence electrons. The SMILES string of the molecule is Cc1ccc(F)c(N2CC(C(=O)O)CCC2=O)c1F. The molecule has 1 aliphatic rings. The van der Waals surface area contributed by atoms with Gasteiger partial charge in [0.15, 0.2) is 5.82 Å². The lowest BCUT2D eigenvalue weighted by Crippen LogP contribution is -2.43. The van der Waals surface area contributed by atoms with Crippen molar-refractivity contribution in [3.05, 3.63) is 29.3 Å². The van der Waals surface area contributed by atoms with Crippen LogP contribution in [0.2, 0.25) is 0 Å². The fourth-order valence-electron chi connectivity index (χ4n) is 2.15. The van der Waals surface area contributed by atoms with E-state index in [1.54, 1.807) is 0 Å². The Kier molecular flexibility index (Phi) is 3.50. The number of carbonyl (C=O) groups excluding carboxylic acids is 1. The van der Waals surface area contributed by atoms with Gasteiger partial charge in [0.25, 0.3) is 0 Å². The number of aryl methyl sites for hydroxylation is 1. The second-order valence-electron chi connectivity index (χ2n) is 4.61. The van der Waals surface area contributed by atoms with Crippen molar-refractivity contribution < 1.29 is 23.5 Å². The molecule has 1 aliphatic heterocycles. The van der Waals surface area contributed by atoms with Gasteiger partial charge in [0.05, 0.1) is 5.92 Å². The Labute approximate surface area is 108 Å². The van der Waals surface area contributed by atoms with Crippen LogP contribution in [0.4, 0.5) is 14.5 Å². The van der Waals surface area contributed by atoms with E-state index in [1.807, 2.05) is 0 Å². The van der Waals surface area contributed by atoms with E-state index in [1.165, 1.54) is 13.0 Å². The van der Waals surface area contributed by atoms with Gasteiger partial charge in [-0.1, -0.05) is 6.07 Å². The van der Waals surface area contributed by atoms with Gasteiger partial charge in [0.1, 0.15) is 11.5 Å². The summed E-state index contributed by atoms with van der Waals surface area (Å²) in [6.07, 6.45) is 0.170. The number of carboxylic acids is 1. The summed E-state index contributed by atoms with van der Waals surface area (Å²) >= 11 is 0. The van der Waals surface area contributed by atoms with Crippen LogP contribution in [0.1, 0.15) is 18.4 Å². The number of piperidine rings is 1. The Hall–Kier alpha value is -1.98. The van der Waals surface area contributed by atoms with Gasteiger partial charge in [-0.2, -0.15) is 0 Å². The number of carboxylic acid groups (broad SMARTS) is 1. The summed E-state index contributed by atoms with van der Waals surface area (Å²) < 4.78 is 27.7. The van der Waals surface area contributed by atoms with Crippen LogP contribution in [-0.2, 0) is 9.59 Å². The zero-order chi connectivity index (χ0) is 14.2. The maximum atomic E-state index is 14.0. The summed E-state index contributed by atoms with van der Waals surface area (Å²) in [5.41, 5.74) is -0.238. The molecule has 1 atom stereocenters. The van der Waals surface area contributed by atoms with Crippen molar-refractivity contribution in [3.63, 3.8) is 0 Å². The number of nitrogens with zero attached hydrogens (tertiary/aromatic N) is 1. The van der Waals surface area contributed by atoms with Crippen molar-refractivity contribution >= 4 is 17.6 Å². The van der Waals surface area contributed by atoms with E-state index >= 15 is 0 Å². The van der Waals surface area contributed by atoms with Crippen LogP contribution in [0.15, 0.2) is 12.1 Å². The first kappa shape index (κ1) is 13.5. The molecule has 6 heteroatoms. The first-order chi connectivity index (χ1) is 8.91. The molecule has 4 nitrogen and oxygen atoms in total. The van der Waals surface area contributed by atoms with Crippen LogP contribution in [-0.4, -0.2) is 23.5 Å². The van der Waals surface area contributed by atoms with Crippen LogP contribution < -0.4 is 4.90 Å². The van der Waals surface area contributed by atoms with Crippen molar-refractivity contribution in [1.29, 1.82) is 0 Å². The van der Waals surface area contributed by atoms with Crippen molar-refractivity contribution in [2.75, 3.05) is 11.4 Å². The number of amides is 1. The molecule has 1 saturated heterocycles. The van der Waals surface area contributed by atoms with Crippen LogP contribution in [0.25, 0.3) is 0 Å². The molecule has 19 heavy (non-hydrogen) atoms. The molecule has 1 fully saturated rings. The lowest BCUT2D eigenvalue weighted by atomic mass is 9.97. The Bertz CT molecular complexity index is 545. The largest absolute Gasteiger partial charge is 0.481 e. The standard InChI is InChI=1S/C13H13F2NO3/c1-7-2-4-9(14)12(11(7)15)16-6-8(13(18)19)3-5-10(16)17/h2,4,8H,3,5-6H2,1H3,(H,18,19). The molecule has 1 aromatic carbocycles. The number of benzene rings is 1. The van der Waals surface area contributed by atoms with E-state index in [4.69, 9.17) is 5.11 Å². The van der Waals surface area contributed by atoms with Crippen molar-refractivity contribution in [1.82, 2.24) is 0 Å². The average Bonchev–Trinajstić information content (AvgIpc) is 2.36. The minimum atomic E-state index is -1.06. The molecule has 1 unspecified atom stereocenters. The second kappa shape index (κ2) is 4.95. The lowest BCUT2D eigenvalue weighted by molar-refractivity contribution is -0.142. The van der Waals surface area contributed by atoms with Crippen molar-refractivity contribution in [2.45, 2.75) is 19.8 Å². The van der Waals surface area contributed by atoms with Gasteiger partial charge in [0, 0.05) is 13.0 Å². The molecule has 0 saturated carbocycles. The molecule has 0 aliphatic carbocycles. The highest BCUT2D eigenvalue weighted by Gasteiger charge is 2.33. The molecule has 1 amide bonds. The zero-order valence-corrected chi connectivity index (χ0v) is 10.3. The van der Waals surface area contributed by atoms with Crippen molar-refractivity contribution in [3.8, 4) is 0 Å². The first-order valence-corrected chi connectivity index (χ1v) is 5.89. The Morgan fingerprint density at radius 3 is 2.74 bits per heavy atom. The molecular weight excluding hydrogens is 256 g/mol. The second-order valence-corrected chi connectivity index (χ2v) is 4.61. The highest BCUT2D eigenvalue weighted by Crippen LogP contribution is 2.30. The predicted octanol–water partition coefficient (Wildman–Crippen LogP) is 2.10. The number of hydrogen-bond donors (Lipinski definition) is 1. The average molecular weight is 269 g/mol. The number of rotatable bonds is 2. The highest BCUT2D eigenvalue weighted by molar-refractivity contribution is 5.95. The van der Waals surface area contributed by atoms with E-state index < -0.39 is 35.1 Å². The molecule has 1 aromatic rings. The number of hydrogen-bond acceptors (Lipinski definition) is 2. The molecule has 0 bridgehead atoms. The van der Waals surface area contributed by atoms with Gasteiger partial charge < -0.3 is 10.0 Å². The number of aliphatic carboxylic acids is 1. The van der Waals surface area contributed by atoms with Crippen molar-refractivity contribution in [2.24, 2.45) is 5.92 Å². The summed E-state index contributed by atoms with van der Waals surface area (Å²) in [5.74, 6) is -3.99. The first-order valence-electron chi connectivity index (χ1n) is 5.89. The maximum Gasteiger partial charge on any atom is 0.308 e. The minimum absolute atomic E-state index is 0.0240. The third-order valence-corrected chi connectivity index (χ3v) is 3.29. The van der Waals surface area contributed by atoms with Gasteiger partial charge in [-0.15, -0.1) is 0 Å². The molecule has 0 radical (unpaired) electrons. The van der Waals surface area contributed by atoms with Gasteiger partial charge in [-0.25, -0.2) is 8.78 Å². The Morgan fingerprint density at radius 1 is 1.42 bits per heavy atom. The van der Waals surface area contributed by atoms with E-state index in [-0.39, 0.29) is 24.9 Å². The van der Waals surface area contributed by atoms with E-state index in [9.17, 15) is 18.4 Å². The predicted molar refractivity (Wildman–Crippen MR) is 63.8 cm³/mol. The number of halogens is 2. The minimum Gasteiger partial charge on any atom is -0.481 e. The van der Waals surface area contributed by atoms with Gasteiger partial charge in [-0.3, -0.25) is 9.59 Å². The number of anilines is 1. The molecule has 1 N–H and O–H groups in total. The molecule has 2 rings (SSSR count). The van der Waals surface area contributed by atoms with Gasteiger partial charge in [-0.05, 0) is 25.0 Å². The summed E-state index contributed by atoms with van der Waals surface area (Å²) in [4.78, 5) is 23.6. The summed E-state index contributed by atoms with van der Waals surface area (Å²) in [5, 5.41) is 8.96. The highest BCUT2D eigenvalue weighted by atomic mass is 19.1. The molecule has 0 spiro atoms. The lowest BCUT2D eigenvalue weighted by Gasteiger charge is -2.31. The monoisotopic (exact) mass is 269 g/mol. The van der Waals surface area contributed by atoms with Crippen LogP contribution >= 0.6 is 0 Å². The van der Waals surface area contributed by atoms with Crippen LogP contribution in [0, 0.1) is 24.5 Å². The molecule has 1 heterocycles. The third-order valence-electron chi connectivity index (χ3n) is 3.29. The molecule has 0 aromatic heterocycles. The maximum absolute atomic E-state index is 14.0. The Balaban J connectivity index is 2.42. The smallest absolute Gasteiger partial charge is 0.308 e. The van der Waals surface area contributed by atoms with Crippen LogP contribution in [0.3, 0.4) is 0 Å². The summed E-state index contributed by atoms with van der Waals surface area (Å²) in [7, 11) is 0. The topological polar surface area (TPSA) is 57.6 Å². The quantitative estimate of drug-likeness (QED) is 0.894. The summed E-state index contributed by atoms with van der Waals surface area (Å²) in [6, 6.07) is 2.35. The number of carbonyl (C=O) groups is 2. The van der Waals surface area contributed by atoms with E-state index in [0.717, 1.165) is 11.0 Å². The van der Waals surface area contributed by atoms with E-state index in [2.05, 4.69) is 0 Å². The fraction of sp³-hybridized carbons (Fsp3) is 0.385. The van der Waals surface area contributed by atoms with Gasteiger partial charge in [0.2, 0.25) is 5.91 Å². The van der Waals surface area contributed by atoms with Gasteiger partial charge >= 0.3 is 5.97 Å². The van der Waals surface area contributed by atoms with Crippen LogP contribution in [0.5, 0.6) is 0 Å².